The first kappa shape index (κ1) is 19.8. The molecule has 1 heterocycles. The van der Waals surface area contributed by atoms with Crippen LogP contribution in [-0.2, 0) is 0 Å². The van der Waals surface area contributed by atoms with Crippen LogP contribution in [0.4, 0.5) is 11.4 Å². The molecule has 0 bridgehead atoms. The zero-order valence-electron chi connectivity index (χ0n) is 16.4. The van der Waals surface area contributed by atoms with E-state index in [1.54, 1.807) is 6.07 Å². The zero-order chi connectivity index (χ0) is 20.1. The number of nitrogens with one attached hydrogen (secondary N) is 2. The Morgan fingerprint density at radius 2 is 1.86 bits per heavy atom. The number of nitro groups is 1. The minimum atomic E-state index is -0.486. The standard InChI is InChI=1S/C21H26N4O3/c1-23(2)18-10-8-16(9-11-18)20(24-12-3-4-13-24)15-22-21(26)17-6-5-7-19(14-17)25(27)28/h5-11,14,20H,3-4,12-13,15H2,1-2H3,(H,22,26)/p+1/t20-/m0/s1. The highest BCUT2D eigenvalue weighted by Gasteiger charge is 2.28. The predicted molar refractivity (Wildman–Crippen MR) is 109 cm³/mol. The molecule has 0 spiro atoms. The topological polar surface area (TPSA) is 79.9 Å². The number of benzene rings is 2. The zero-order valence-corrected chi connectivity index (χ0v) is 16.4. The second kappa shape index (κ2) is 8.84. The summed E-state index contributed by atoms with van der Waals surface area (Å²) in [6.07, 6.45) is 2.39. The Bertz CT molecular complexity index is 830. The molecule has 1 amide bonds. The summed E-state index contributed by atoms with van der Waals surface area (Å²) in [5.74, 6) is -0.280. The van der Waals surface area contributed by atoms with Gasteiger partial charge >= 0.3 is 0 Å². The third kappa shape index (κ3) is 4.67. The van der Waals surface area contributed by atoms with Crippen molar-refractivity contribution < 1.29 is 14.6 Å². The quantitative estimate of drug-likeness (QED) is 0.565. The summed E-state index contributed by atoms with van der Waals surface area (Å²) >= 11 is 0. The second-order valence-corrected chi connectivity index (χ2v) is 7.42. The van der Waals surface area contributed by atoms with Crippen molar-refractivity contribution in [3.8, 4) is 0 Å². The van der Waals surface area contributed by atoms with Crippen molar-refractivity contribution in [1.29, 1.82) is 0 Å². The summed E-state index contributed by atoms with van der Waals surface area (Å²) in [5, 5.41) is 13.9. The van der Waals surface area contributed by atoms with Crippen LogP contribution in [0.5, 0.6) is 0 Å². The lowest BCUT2D eigenvalue weighted by atomic mass is 10.0. The summed E-state index contributed by atoms with van der Waals surface area (Å²) in [6.45, 7) is 2.68. The van der Waals surface area contributed by atoms with Crippen LogP contribution in [0, 0.1) is 10.1 Å². The molecule has 0 unspecified atom stereocenters. The van der Waals surface area contributed by atoms with Gasteiger partial charge in [-0.15, -0.1) is 0 Å². The van der Waals surface area contributed by atoms with Gasteiger partial charge in [0, 0.05) is 55.9 Å². The number of carbonyl (C=O) groups is 1. The first-order chi connectivity index (χ1) is 13.5. The van der Waals surface area contributed by atoms with Gasteiger partial charge in [-0.3, -0.25) is 14.9 Å². The number of carbonyl (C=O) groups excluding carboxylic acids is 1. The predicted octanol–water partition coefficient (Wildman–Crippen LogP) is 1.81. The average molecular weight is 383 g/mol. The molecular formula is C21H27N4O3+. The molecule has 148 valence electrons. The molecule has 2 N–H and O–H groups in total. The number of nitro benzene ring substituents is 1. The molecular weight excluding hydrogens is 356 g/mol. The molecule has 28 heavy (non-hydrogen) atoms. The Balaban J connectivity index is 1.74. The molecule has 0 aliphatic carbocycles. The molecule has 1 aliphatic heterocycles. The van der Waals surface area contributed by atoms with Gasteiger partial charge in [-0.25, -0.2) is 0 Å². The fraction of sp³-hybridized carbons (Fsp3) is 0.381. The second-order valence-electron chi connectivity index (χ2n) is 7.42. The summed E-state index contributed by atoms with van der Waals surface area (Å²) in [6, 6.07) is 14.5. The third-order valence-corrected chi connectivity index (χ3v) is 5.34. The number of likely N-dealkylation sites (tertiary alicyclic amines) is 1. The van der Waals surface area contributed by atoms with E-state index in [2.05, 4.69) is 34.5 Å². The van der Waals surface area contributed by atoms with Crippen LogP contribution in [0.1, 0.15) is 34.8 Å². The van der Waals surface area contributed by atoms with Crippen molar-refractivity contribution in [1.82, 2.24) is 5.32 Å². The Morgan fingerprint density at radius 1 is 1.18 bits per heavy atom. The largest absolute Gasteiger partial charge is 0.378 e. The molecule has 0 aromatic heterocycles. The van der Waals surface area contributed by atoms with Gasteiger partial charge in [-0.2, -0.15) is 0 Å². The van der Waals surface area contributed by atoms with Gasteiger partial charge in [0.2, 0.25) is 0 Å². The lowest BCUT2D eigenvalue weighted by molar-refractivity contribution is -0.918. The summed E-state index contributed by atoms with van der Waals surface area (Å²) in [4.78, 5) is 26.6. The maximum absolute atomic E-state index is 12.6. The molecule has 7 heteroatoms. The van der Waals surface area contributed by atoms with Gasteiger partial charge in [0.1, 0.15) is 6.04 Å². The third-order valence-electron chi connectivity index (χ3n) is 5.34. The van der Waals surface area contributed by atoms with E-state index in [9.17, 15) is 14.9 Å². The van der Waals surface area contributed by atoms with E-state index in [1.807, 2.05) is 14.1 Å². The Labute approximate surface area is 165 Å². The number of amides is 1. The molecule has 2 aromatic rings. The highest BCUT2D eigenvalue weighted by atomic mass is 16.6. The average Bonchev–Trinajstić information content (AvgIpc) is 3.23. The van der Waals surface area contributed by atoms with Crippen LogP contribution in [0.15, 0.2) is 48.5 Å². The van der Waals surface area contributed by atoms with E-state index >= 15 is 0 Å². The summed E-state index contributed by atoms with van der Waals surface area (Å²) in [7, 11) is 4.02. The lowest BCUT2D eigenvalue weighted by Crippen LogP contribution is -3.11. The highest BCUT2D eigenvalue weighted by Crippen LogP contribution is 2.18. The van der Waals surface area contributed by atoms with Crippen molar-refractivity contribution >= 4 is 17.3 Å². The first-order valence-electron chi connectivity index (χ1n) is 9.60. The highest BCUT2D eigenvalue weighted by molar-refractivity contribution is 5.94. The minimum Gasteiger partial charge on any atom is -0.378 e. The van der Waals surface area contributed by atoms with Crippen molar-refractivity contribution in [2.45, 2.75) is 18.9 Å². The molecule has 0 saturated carbocycles. The number of quaternary nitrogens is 1. The first-order valence-corrected chi connectivity index (χ1v) is 9.60. The van der Waals surface area contributed by atoms with Crippen molar-refractivity contribution in [2.24, 2.45) is 0 Å². The van der Waals surface area contributed by atoms with Gasteiger partial charge in [-0.05, 0) is 18.2 Å². The maximum atomic E-state index is 12.6. The molecule has 1 fully saturated rings. The minimum absolute atomic E-state index is 0.0753. The van der Waals surface area contributed by atoms with Crippen LogP contribution in [-0.4, -0.2) is 44.6 Å². The van der Waals surface area contributed by atoms with Gasteiger partial charge < -0.3 is 15.1 Å². The van der Waals surface area contributed by atoms with Crippen molar-refractivity contribution in [3.63, 3.8) is 0 Å². The Kier molecular flexibility index (Phi) is 6.26. The van der Waals surface area contributed by atoms with Crippen LogP contribution in [0.25, 0.3) is 0 Å². The van der Waals surface area contributed by atoms with Gasteiger partial charge in [0.05, 0.1) is 24.6 Å². The number of anilines is 1. The van der Waals surface area contributed by atoms with Crippen LogP contribution in [0.3, 0.4) is 0 Å². The van der Waals surface area contributed by atoms with E-state index in [0.29, 0.717) is 12.1 Å². The van der Waals surface area contributed by atoms with Crippen molar-refractivity contribution in [2.75, 3.05) is 38.6 Å². The fourth-order valence-corrected chi connectivity index (χ4v) is 3.74. The van der Waals surface area contributed by atoms with Crippen LogP contribution >= 0.6 is 0 Å². The number of hydrogen-bond donors (Lipinski definition) is 2. The number of hydrogen-bond acceptors (Lipinski definition) is 4. The molecule has 2 aromatic carbocycles. The SMILES string of the molecule is CN(C)c1ccc([C@H](CNC(=O)c2cccc([N+](=O)[O-])c2)[NH+]2CCCC2)cc1. The Hall–Kier alpha value is -2.93. The summed E-state index contributed by atoms with van der Waals surface area (Å²) < 4.78 is 0. The van der Waals surface area contributed by atoms with Crippen LogP contribution < -0.4 is 15.1 Å². The van der Waals surface area contributed by atoms with E-state index in [-0.39, 0.29) is 17.6 Å². The molecule has 3 rings (SSSR count). The monoisotopic (exact) mass is 383 g/mol. The Morgan fingerprint density at radius 3 is 2.46 bits per heavy atom. The van der Waals surface area contributed by atoms with E-state index in [4.69, 9.17) is 0 Å². The maximum Gasteiger partial charge on any atom is 0.270 e. The van der Waals surface area contributed by atoms with E-state index in [0.717, 1.165) is 18.8 Å². The number of nitrogens with zero attached hydrogens (tertiary/aromatic N) is 2. The van der Waals surface area contributed by atoms with Gasteiger partial charge in [-0.1, -0.05) is 18.2 Å². The van der Waals surface area contributed by atoms with Crippen LogP contribution in [0.2, 0.25) is 0 Å². The molecule has 1 saturated heterocycles. The smallest absolute Gasteiger partial charge is 0.270 e. The number of non-ortho nitro benzene ring substituents is 1. The molecule has 1 atom stereocenters. The molecule has 0 radical (unpaired) electrons. The van der Waals surface area contributed by atoms with Gasteiger partial charge in [0.15, 0.2) is 0 Å². The summed E-state index contributed by atoms with van der Waals surface area (Å²) in [5.41, 5.74) is 2.57. The lowest BCUT2D eigenvalue weighted by Gasteiger charge is -2.26. The molecule has 1 aliphatic rings. The molecule has 7 nitrogen and oxygen atoms in total. The fourth-order valence-electron chi connectivity index (χ4n) is 3.74. The van der Waals surface area contributed by atoms with Crippen molar-refractivity contribution in [3.05, 3.63) is 69.8 Å². The van der Waals surface area contributed by atoms with E-state index < -0.39 is 4.92 Å². The van der Waals surface area contributed by atoms with Gasteiger partial charge in [0.25, 0.3) is 11.6 Å². The van der Waals surface area contributed by atoms with E-state index in [1.165, 1.54) is 41.5 Å². The number of rotatable bonds is 7. The normalized spacial score (nSPS) is 15.2.